The number of urea groups is 1. The van der Waals surface area contributed by atoms with E-state index in [0.717, 1.165) is 31.9 Å². The Bertz CT molecular complexity index is 983. The van der Waals surface area contributed by atoms with Gasteiger partial charge in [0.05, 0.1) is 0 Å². The van der Waals surface area contributed by atoms with E-state index in [-0.39, 0.29) is 6.03 Å². The second kappa shape index (κ2) is 11.4. The van der Waals surface area contributed by atoms with Crippen LogP contribution in [0.1, 0.15) is 6.92 Å². The number of nitrogens with one attached hydrogen (secondary N) is 3. The molecule has 188 valence electrons. The molecule has 6 N–H and O–H groups in total. The molecule has 2 aromatic carbocycles. The Hall–Kier alpha value is -3.34. The summed E-state index contributed by atoms with van der Waals surface area (Å²) in [6, 6.07) is 15.2. The molecule has 0 saturated carbocycles. The molecular weight excluding hydrogens is 446 g/mol. The van der Waals surface area contributed by atoms with Crippen molar-refractivity contribution in [1.82, 2.24) is 21.0 Å². The maximum absolute atomic E-state index is 12.6. The van der Waals surface area contributed by atoms with Crippen molar-refractivity contribution in [1.29, 1.82) is 0 Å². The van der Waals surface area contributed by atoms with Crippen LogP contribution in [0.2, 0.25) is 0 Å². The van der Waals surface area contributed by atoms with Crippen LogP contribution in [0.15, 0.2) is 48.5 Å². The number of hydrogen-bond acceptors (Lipinski definition) is 7. The number of piperazine rings is 2. The number of rotatable bonds is 6. The van der Waals surface area contributed by atoms with Crippen LogP contribution >= 0.6 is 0 Å². The van der Waals surface area contributed by atoms with Crippen molar-refractivity contribution < 1.29 is 14.8 Å². The third kappa shape index (κ3) is 6.02. The normalized spacial score (nSPS) is 18.1. The average molecular weight is 482 g/mol. The quantitative estimate of drug-likeness (QED) is 0.305. The highest BCUT2D eigenvalue weighted by molar-refractivity contribution is 5.87. The molecule has 2 aliphatic heterocycles. The summed E-state index contributed by atoms with van der Waals surface area (Å²) in [5.74, 6) is -0.731. The Morgan fingerprint density at radius 3 is 1.80 bits per heavy atom. The monoisotopic (exact) mass is 481 g/mol. The van der Waals surface area contributed by atoms with Crippen molar-refractivity contribution >= 4 is 23.3 Å². The lowest BCUT2D eigenvalue weighted by molar-refractivity contribution is -0.131. The Balaban J connectivity index is 1.31. The summed E-state index contributed by atoms with van der Waals surface area (Å²) < 4.78 is 0. The topological polar surface area (TPSA) is 126 Å². The first-order valence-corrected chi connectivity index (χ1v) is 12.1. The first-order chi connectivity index (χ1) is 17.0. The Morgan fingerprint density at radius 2 is 1.34 bits per heavy atom. The van der Waals surface area contributed by atoms with Crippen LogP contribution < -0.4 is 31.6 Å². The molecule has 10 nitrogen and oxygen atoms in total. The van der Waals surface area contributed by atoms with Crippen LogP contribution in [0.25, 0.3) is 11.1 Å². The second-order valence-corrected chi connectivity index (χ2v) is 9.07. The van der Waals surface area contributed by atoms with Crippen molar-refractivity contribution in [2.45, 2.75) is 19.0 Å². The van der Waals surface area contributed by atoms with Crippen LogP contribution in [-0.2, 0) is 4.79 Å². The lowest BCUT2D eigenvalue weighted by atomic mass is 10.0. The van der Waals surface area contributed by atoms with Crippen LogP contribution in [0.3, 0.4) is 0 Å². The van der Waals surface area contributed by atoms with Crippen LogP contribution in [0.4, 0.5) is 16.2 Å². The molecule has 10 heteroatoms. The third-order valence-corrected chi connectivity index (χ3v) is 6.68. The minimum Gasteiger partial charge on any atom is -0.369 e. The molecule has 35 heavy (non-hydrogen) atoms. The van der Waals surface area contributed by atoms with Gasteiger partial charge in [0.1, 0.15) is 6.04 Å². The molecule has 0 aromatic heterocycles. The Morgan fingerprint density at radius 1 is 0.857 bits per heavy atom. The lowest BCUT2D eigenvalue weighted by Crippen LogP contribution is -2.59. The van der Waals surface area contributed by atoms with Crippen LogP contribution in [0, 0.1) is 0 Å². The van der Waals surface area contributed by atoms with Crippen molar-refractivity contribution in [3.8, 4) is 11.1 Å². The number of nitrogens with zero attached hydrogens (tertiary/aromatic N) is 3. The van der Waals surface area contributed by atoms with E-state index in [2.05, 4.69) is 69.0 Å². The van der Waals surface area contributed by atoms with E-state index >= 15 is 0 Å². The zero-order valence-corrected chi connectivity index (χ0v) is 20.1. The summed E-state index contributed by atoms with van der Waals surface area (Å²) in [5, 5.41) is 14.9. The highest BCUT2D eigenvalue weighted by Crippen LogP contribution is 2.26. The van der Waals surface area contributed by atoms with Gasteiger partial charge in [0.15, 0.2) is 0 Å². The van der Waals surface area contributed by atoms with Gasteiger partial charge in [-0.2, -0.15) is 0 Å². The van der Waals surface area contributed by atoms with Gasteiger partial charge in [0.25, 0.3) is 5.91 Å². The van der Waals surface area contributed by atoms with Gasteiger partial charge in [-0.05, 0) is 42.3 Å². The van der Waals surface area contributed by atoms with E-state index in [4.69, 9.17) is 10.9 Å². The molecule has 2 saturated heterocycles. The second-order valence-electron chi connectivity index (χ2n) is 9.07. The summed E-state index contributed by atoms with van der Waals surface area (Å²) >= 11 is 0. The molecule has 2 aromatic rings. The van der Waals surface area contributed by atoms with Crippen LogP contribution in [-0.4, -0.2) is 86.5 Å². The van der Waals surface area contributed by atoms with E-state index in [0.29, 0.717) is 26.2 Å². The first-order valence-electron chi connectivity index (χ1n) is 12.1. The molecule has 2 fully saturated rings. The number of benzene rings is 2. The number of carbonyl (C=O) groups is 2. The standard InChI is InChI=1S/C25H35N7O3/c1-18(26)23(24(33)29-35)28-25(34)32-16-14-31(15-17-32)22-8-4-20(5-9-22)19-2-6-21(7-3-19)30-12-10-27-11-13-30/h2-9,18,23,27,35H,10-17,26H2,1H3,(H,28,34)(H,29,33)/t18-,23+/m0/s1. The zero-order valence-electron chi connectivity index (χ0n) is 20.1. The van der Waals surface area contributed by atoms with Gasteiger partial charge in [-0.1, -0.05) is 24.3 Å². The zero-order chi connectivity index (χ0) is 24.8. The van der Waals surface area contributed by atoms with Gasteiger partial charge in [-0.3, -0.25) is 10.0 Å². The smallest absolute Gasteiger partial charge is 0.318 e. The molecule has 2 heterocycles. The molecule has 2 aliphatic rings. The molecular formula is C25H35N7O3. The first kappa shape index (κ1) is 24.8. The summed E-state index contributed by atoms with van der Waals surface area (Å²) in [6.45, 7) is 8.13. The number of carbonyl (C=O) groups excluding carboxylic acids is 2. The van der Waals surface area contributed by atoms with Crippen molar-refractivity contribution in [2.75, 3.05) is 62.2 Å². The molecule has 4 rings (SSSR count). The lowest BCUT2D eigenvalue weighted by Gasteiger charge is -2.37. The maximum Gasteiger partial charge on any atom is 0.318 e. The van der Waals surface area contributed by atoms with E-state index < -0.39 is 18.0 Å². The number of amides is 3. The van der Waals surface area contributed by atoms with Crippen molar-refractivity contribution in [2.24, 2.45) is 5.73 Å². The fourth-order valence-electron chi connectivity index (χ4n) is 4.55. The molecule has 2 atom stereocenters. The van der Waals surface area contributed by atoms with E-state index in [9.17, 15) is 9.59 Å². The van der Waals surface area contributed by atoms with Gasteiger partial charge in [-0.25, -0.2) is 10.3 Å². The molecule has 0 unspecified atom stereocenters. The summed E-state index contributed by atoms with van der Waals surface area (Å²) in [4.78, 5) is 30.6. The highest BCUT2D eigenvalue weighted by atomic mass is 16.5. The Labute approximate surface area is 206 Å². The molecule has 3 amide bonds. The fourth-order valence-corrected chi connectivity index (χ4v) is 4.55. The number of anilines is 2. The maximum atomic E-state index is 12.6. The van der Waals surface area contributed by atoms with Gasteiger partial charge in [-0.15, -0.1) is 0 Å². The molecule has 0 bridgehead atoms. The van der Waals surface area contributed by atoms with E-state index in [1.165, 1.54) is 16.8 Å². The largest absolute Gasteiger partial charge is 0.369 e. The predicted molar refractivity (Wildman–Crippen MR) is 137 cm³/mol. The van der Waals surface area contributed by atoms with Crippen LogP contribution in [0.5, 0.6) is 0 Å². The minimum absolute atomic E-state index is 0.366. The number of hydrogen-bond donors (Lipinski definition) is 5. The van der Waals surface area contributed by atoms with E-state index in [1.807, 2.05) is 0 Å². The fraction of sp³-hybridized carbons (Fsp3) is 0.440. The van der Waals surface area contributed by atoms with Crippen molar-refractivity contribution in [3.63, 3.8) is 0 Å². The summed E-state index contributed by atoms with van der Waals surface area (Å²) in [5.41, 5.74) is 12.0. The van der Waals surface area contributed by atoms with E-state index in [1.54, 1.807) is 17.3 Å². The third-order valence-electron chi connectivity index (χ3n) is 6.68. The van der Waals surface area contributed by atoms with Gasteiger partial charge < -0.3 is 31.1 Å². The average Bonchev–Trinajstić information content (AvgIpc) is 2.92. The SMILES string of the molecule is C[C@H](N)[C@@H](NC(=O)N1CCN(c2ccc(-c3ccc(N4CCNCC4)cc3)cc2)CC1)C(=O)NO. The summed E-state index contributed by atoms with van der Waals surface area (Å²) in [7, 11) is 0. The number of hydroxylamine groups is 1. The highest BCUT2D eigenvalue weighted by Gasteiger charge is 2.28. The molecule has 0 aliphatic carbocycles. The van der Waals surface area contributed by atoms with Gasteiger partial charge >= 0.3 is 6.03 Å². The molecule has 0 radical (unpaired) electrons. The van der Waals surface area contributed by atoms with Gasteiger partial charge in [0.2, 0.25) is 0 Å². The minimum atomic E-state index is -0.996. The Kier molecular flexibility index (Phi) is 8.06. The van der Waals surface area contributed by atoms with Gasteiger partial charge in [0, 0.05) is 69.8 Å². The molecule has 0 spiro atoms. The van der Waals surface area contributed by atoms with Crippen molar-refractivity contribution in [3.05, 3.63) is 48.5 Å². The predicted octanol–water partition coefficient (Wildman–Crippen LogP) is 0.816. The summed E-state index contributed by atoms with van der Waals surface area (Å²) in [6.07, 6.45) is 0. The number of nitrogens with two attached hydrogens (primary N) is 1.